The topological polar surface area (TPSA) is 112 Å². The normalized spacial score (nSPS) is 13.3. The smallest absolute Gasteiger partial charge is 0.207 e. The van der Waals surface area contributed by atoms with Crippen molar-refractivity contribution in [1.29, 1.82) is 0 Å². The molecular formula is C28H42O8S. The van der Waals surface area contributed by atoms with Crippen LogP contribution in [0.4, 0.5) is 0 Å². The largest absolute Gasteiger partial charge is 0.502 e. The molecule has 0 aliphatic rings. The second-order valence-electron chi connectivity index (χ2n) is 12.9. The van der Waals surface area contributed by atoms with Crippen LogP contribution < -0.4 is 18.9 Å². The maximum Gasteiger partial charge on any atom is 0.207 e. The van der Waals surface area contributed by atoms with Crippen LogP contribution in [0.1, 0.15) is 83.1 Å². The van der Waals surface area contributed by atoms with Gasteiger partial charge in [-0.3, -0.25) is 0 Å². The Hall–Kier alpha value is -2.81. The van der Waals surface area contributed by atoms with Gasteiger partial charge in [-0.1, -0.05) is 0 Å². The van der Waals surface area contributed by atoms with Gasteiger partial charge in [-0.15, -0.1) is 0 Å². The van der Waals surface area contributed by atoms with Gasteiger partial charge in [-0.25, -0.2) is 8.42 Å². The zero-order valence-electron chi connectivity index (χ0n) is 24.1. The summed E-state index contributed by atoms with van der Waals surface area (Å²) in [6.45, 7) is 21.4. The summed E-state index contributed by atoms with van der Waals surface area (Å²) in [6, 6.07) is 5.03. The third-order valence-corrected chi connectivity index (χ3v) is 6.02. The number of phenols is 2. The average Bonchev–Trinajstić information content (AvgIpc) is 2.63. The molecule has 8 nitrogen and oxygen atoms in total. The first kappa shape index (κ1) is 30.4. The van der Waals surface area contributed by atoms with E-state index in [1.807, 2.05) is 0 Å². The Morgan fingerprint density at radius 2 is 0.676 bits per heavy atom. The highest BCUT2D eigenvalue weighted by Gasteiger charge is 2.30. The van der Waals surface area contributed by atoms with Crippen molar-refractivity contribution in [3.8, 4) is 34.5 Å². The van der Waals surface area contributed by atoms with E-state index in [0.29, 0.717) is 0 Å². The first-order chi connectivity index (χ1) is 16.4. The fourth-order valence-corrected chi connectivity index (χ4v) is 4.51. The molecule has 0 fully saturated rings. The lowest BCUT2D eigenvalue weighted by atomic mass is 10.1. The number of hydrogen-bond acceptors (Lipinski definition) is 8. The van der Waals surface area contributed by atoms with E-state index in [-0.39, 0.29) is 44.3 Å². The summed E-state index contributed by atoms with van der Waals surface area (Å²) in [7, 11) is -4.23. The van der Waals surface area contributed by atoms with Gasteiger partial charge >= 0.3 is 0 Å². The number of phenolic OH excluding ortho intramolecular Hbond substituents is 2. The van der Waals surface area contributed by atoms with Crippen molar-refractivity contribution in [2.24, 2.45) is 0 Å². The fourth-order valence-electron chi connectivity index (χ4n) is 3.19. The summed E-state index contributed by atoms with van der Waals surface area (Å²) in [4.78, 5) is -0.337. The molecule has 0 amide bonds. The zero-order valence-corrected chi connectivity index (χ0v) is 24.9. The Morgan fingerprint density at radius 1 is 0.486 bits per heavy atom. The third kappa shape index (κ3) is 8.62. The van der Waals surface area contributed by atoms with Gasteiger partial charge in [-0.2, -0.15) is 0 Å². The molecule has 0 aromatic heterocycles. The summed E-state index contributed by atoms with van der Waals surface area (Å²) in [6.07, 6.45) is 0. The Labute approximate surface area is 221 Å². The van der Waals surface area contributed by atoms with E-state index in [1.165, 1.54) is 24.3 Å². The predicted molar refractivity (Wildman–Crippen MR) is 143 cm³/mol. The van der Waals surface area contributed by atoms with Gasteiger partial charge in [0.2, 0.25) is 21.3 Å². The lowest BCUT2D eigenvalue weighted by molar-refractivity contribution is 0.110. The second kappa shape index (κ2) is 9.82. The van der Waals surface area contributed by atoms with Crippen LogP contribution in [0.5, 0.6) is 34.5 Å². The number of rotatable bonds is 6. The molecule has 0 saturated heterocycles. The molecule has 0 unspecified atom stereocenters. The maximum absolute atomic E-state index is 13.9. The van der Waals surface area contributed by atoms with E-state index in [4.69, 9.17) is 18.9 Å². The number of sulfone groups is 1. The molecule has 0 heterocycles. The summed E-state index contributed by atoms with van der Waals surface area (Å²) in [5.74, 6) is -0.758. The highest BCUT2D eigenvalue weighted by molar-refractivity contribution is 7.91. The lowest BCUT2D eigenvalue weighted by Crippen LogP contribution is -2.25. The first-order valence-electron chi connectivity index (χ1n) is 12.1. The number of ether oxygens (including phenoxy) is 4. The minimum Gasteiger partial charge on any atom is -0.502 e. The van der Waals surface area contributed by atoms with Crippen LogP contribution in [0.2, 0.25) is 0 Å². The fraction of sp³-hybridized carbons (Fsp3) is 0.571. The number of benzene rings is 2. The Bertz CT molecular complexity index is 1070. The molecule has 208 valence electrons. The average molecular weight is 539 g/mol. The molecule has 0 saturated carbocycles. The van der Waals surface area contributed by atoms with Crippen molar-refractivity contribution in [1.82, 2.24) is 0 Å². The van der Waals surface area contributed by atoms with Gasteiger partial charge in [-0.05, 0) is 83.1 Å². The molecule has 2 aromatic rings. The third-order valence-electron chi connectivity index (χ3n) is 4.31. The highest BCUT2D eigenvalue weighted by atomic mass is 32.2. The van der Waals surface area contributed by atoms with Crippen LogP contribution in [0, 0.1) is 0 Å². The van der Waals surface area contributed by atoms with E-state index in [1.54, 1.807) is 83.1 Å². The molecule has 0 spiro atoms. The Morgan fingerprint density at radius 3 is 0.838 bits per heavy atom. The van der Waals surface area contributed by atoms with Gasteiger partial charge in [0.05, 0.1) is 9.79 Å². The number of aromatic hydroxyl groups is 2. The van der Waals surface area contributed by atoms with Gasteiger partial charge < -0.3 is 29.2 Å². The Kier molecular flexibility index (Phi) is 8.07. The van der Waals surface area contributed by atoms with Gasteiger partial charge in [0.15, 0.2) is 23.0 Å². The molecule has 2 aromatic carbocycles. The lowest BCUT2D eigenvalue weighted by Gasteiger charge is -2.27. The summed E-state index contributed by atoms with van der Waals surface area (Å²) >= 11 is 0. The summed E-state index contributed by atoms with van der Waals surface area (Å²) in [5.41, 5.74) is -2.89. The molecule has 0 aliphatic heterocycles. The first-order valence-corrected chi connectivity index (χ1v) is 13.6. The highest BCUT2D eigenvalue weighted by Crippen LogP contribution is 2.46. The Balaban J connectivity index is 2.83. The van der Waals surface area contributed by atoms with Crippen LogP contribution in [0.25, 0.3) is 0 Å². The van der Waals surface area contributed by atoms with Gasteiger partial charge in [0.1, 0.15) is 22.4 Å². The molecule has 0 aliphatic carbocycles. The van der Waals surface area contributed by atoms with E-state index >= 15 is 0 Å². The molecule has 0 atom stereocenters. The van der Waals surface area contributed by atoms with Crippen molar-refractivity contribution >= 4 is 9.84 Å². The van der Waals surface area contributed by atoms with Crippen LogP contribution in [0.15, 0.2) is 34.1 Å². The van der Waals surface area contributed by atoms with Crippen LogP contribution in [0.3, 0.4) is 0 Å². The van der Waals surface area contributed by atoms with Crippen LogP contribution in [-0.4, -0.2) is 41.0 Å². The molecular weight excluding hydrogens is 496 g/mol. The molecule has 2 rings (SSSR count). The van der Waals surface area contributed by atoms with E-state index in [0.717, 1.165) is 0 Å². The predicted octanol–water partition coefficient (Wildman–Crippen LogP) is 6.64. The van der Waals surface area contributed by atoms with Crippen molar-refractivity contribution < 1.29 is 37.6 Å². The minimum atomic E-state index is -4.23. The van der Waals surface area contributed by atoms with E-state index in [2.05, 4.69) is 0 Å². The quantitative estimate of drug-likeness (QED) is 0.421. The minimum absolute atomic E-state index is 0.0380. The van der Waals surface area contributed by atoms with E-state index < -0.39 is 32.2 Å². The van der Waals surface area contributed by atoms with Gasteiger partial charge in [0.25, 0.3) is 0 Å². The standard InChI is InChI=1S/C28H42O8S/c1-25(2,3)33-19-13-17(14-20(23(19)29)34-26(4,5)6)37(31,32)18-15-21(35-27(7,8)9)24(30)22(16-18)36-28(10,11)12/h13-16,29-30H,1-12H3. The molecule has 0 radical (unpaired) electrons. The maximum atomic E-state index is 13.9. The van der Waals surface area contributed by atoms with Crippen LogP contribution in [-0.2, 0) is 9.84 Å². The summed E-state index contributed by atoms with van der Waals surface area (Å²) in [5, 5.41) is 21.7. The van der Waals surface area contributed by atoms with Crippen molar-refractivity contribution in [2.45, 2.75) is 115 Å². The summed E-state index contributed by atoms with van der Waals surface area (Å²) < 4.78 is 51.4. The van der Waals surface area contributed by atoms with Crippen molar-refractivity contribution in [3.63, 3.8) is 0 Å². The van der Waals surface area contributed by atoms with E-state index in [9.17, 15) is 18.6 Å². The second-order valence-corrected chi connectivity index (χ2v) is 14.8. The monoisotopic (exact) mass is 538 g/mol. The molecule has 9 heteroatoms. The number of hydrogen-bond donors (Lipinski definition) is 2. The SMILES string of the molecule is CC(C)(C)Oc1cc(S(=O)(=O)c2cc(OC(C)(C)C)c(O)c(OC(C)(C)C)c2)cc(OC(C)(C)C)c1O. The molecule has 0 bridgehead atoms. The molecule has 37 heavy (non-hydrogen) atoms. The van der Waals surface area contributed by atoms with Crippen LogP contribution >= 0.6 is 0 Å². The van der Waals surface area contributed by atoms with Crippen molar-refractivity contribution in [2.75, 3.05) is 0 Å². The van der Waals surface area contributed by atoms with Crippen molar-refractivity contribution in [3.05, 3.63) is 24.3 Å². The van der Waals surface area contributed by atoms with Gasteiger partial charge in [0, 0.05) is 24.3 Å². The molecule has 2 N–H and O–H groups in total. The zero-order chi connectivity index (χ0) is 28.8.